The number of hydrogen-bond donors (Lipinski definition) is 0. The smallest absolute Gasteiger partial charge is 0.410 e. The number of rotatable bonds is 1. The van der Waals surface area contributed by atoms with E-state index in [0.29, 0.717) is 25.2 Å². The van der Waals surface area contributed by atoms with Crippen molar-refractivity contribution in [1.82, 2.24) is 9.80 Å². The summed E-state index contributed by atoms with van der Waals surface area (Å²) in [6.45, 7) is 7.26. The van der Waals surface area contributed by atoms with E-state index >= 15 is 0 Å². The van der Waals surface area contributed by atoms with Crippen LogP contribution in [0.3, 0.4) is 0 Å². The predicted molar refractivity (Wildman–Crippen MR) is 95.0 cm³/mol. The molecule has 1 aromatic rings. The SMILES string of the molecule is CC(C)(C)OC(=O)N1CCN(C(=O)c2cccc(Br)c2)CC12CC2. The molecule has 1 aliphatic carbocycles. The van der Waals surface area contributed by atoms with E-state index in [0.717, 1.165) is 17.3 Å². The molecular formula is C18H23BrN2O3. The van der Waals surface area contributed by atoms with Gasteiger partial charge in [-0.3, -0.25) is 9.69 Å². The van der Waals surface area contributed by atoms with Gasteiger partial charge in [0, 0.05) is 29.7 Å². The highest BCUT2D eigenvalue weighted by molar-refractivity contribution is 9.10. The molecular weight excluding hydrogens is 372 g/mol. The Morgan fingerprint density at radius 3 is 2.50 bits per heavy atom. The molecule has 1 aliphatic heterocycles. The average molecular weight is 395 g/mol. The van der Waals surface area contributed by atoms with Crippen LogP contribution in [0, 0.1) is 0 Å². The van der Waals surface area contributed by atoms with Crippen molar-refractivity contribution in [2.45, 2.75) is 44.8 Å². The Balaban J connectivity index is 1.70. The minimum Gasteiger partial charge on any atom is -0.444 e. The molecule has 0 aromatic heterocycles. The second-order valence-corrected chi connectivity index (χ2v) is 8.51. The molecule has 1 heterocycles. The summed E-state index contributed by atoms with van der Waals surface area (Å²) in [6, 6.07) is 7.43. The van der Waals surface area contributed by atoms with E-state index < -0.39 is 5.60 Å². The molecule has 3 rings (SSSR count). The molecule has 24 heavy (non-hydrogen) atoms. The topological polar surface area (TPSA) is 49.9 Å². The molecule has 0 bridgehead atoms. The quantitative estimate of drug-likeness (QED) is 0.729. The van der Waals surface area contributed by atoms with E-state index in [4.69, 9.17) is 4.74 Å². The fourth-order valence-electron chi connectivity index (χ4n) is 3.13. The second kappa shape index (κ2) is 6.06. The lowest BCUT2D eigenvalue weighted by atomic mass is 10.1. The number of carbonyl (C=O) groups is 2. The van der Waals surface area contributed by atoms with Crippen LogP contribution in [0.1, 0.15) is 44.0 Å². The molecule has 1 saturated heterocycles. The van der Waals surface area contributed by atoms with Crippen molar-refractivity contribution in [3.05, 3.63) is 34.3 Å². The van der Waals surface area contributed by atoms with Gasteiger partial charge in [0.15, 0.2) is 0 Å². The third-order valence-corrected chi connectivity index (χ3v) is 4.94. The first-order chi connectivity index (χ1) is 11.2. The van der Waals surface area contributed by atoms with Crippen molar-refractivity contribution in [3.8, 4) is 0 Å². The second-order valence-electron chi connectivity index (χ2n) is 7.59. The zero-order valence-electron chi connectivity index (χ0n) is 14.3. The van der Waals surface area contributed by atoms with Gasteiger partial charge in [0.25, 0.3) is 5.91 Å². The van der Waals surface area contributed by atoms with Crippen LogP contribution in [-0.4, -0.2) is 52.6 Å². The largest absolute Gasteiger partial charge is 0.444 e. The Morgan fingerprint density at radius 1 is 1.21 bits per heavy atom. The molecule has 0 radical (unpaired) electrons. The van der Waals surface area contributed by atoms with Crippen LogP contribution in [0.5, 0.6) is 0 Å². The summed E-state index contributed by atoms with van der Waals surface area (Å²) in [6.07, 6.45) is 1.58. The van der Waals surface area contributed by atoms with Crippen LogP contribution < -0.4 is 0 Å². The van der Waals surface area contributed by atoms with Gasteiger partial charge in [-0.1, -0.05) is 22.0 Å². The summed E-state index contributed by atoms with van der Waals surface area (Å²) in [5, 5.41) is 0. The summed E-state index contributed by atoms with van der Waals surface area (Å²) in [7, 11) is 0. The Labute approximate surface area is 151 Å². The Morgan fingerprint density at radius 2 is 1.92 bits per heavy atom. The van der Waals surface area contributed by atoms with Crippen molar-refractivity contribution < 1.29 is 14.3 Å². The van der Waals surface area contributed by atoms with Gasteiger partial charge in [0.05, 0.1) is 5.54 Å². The maximum atomic E-state index is 12.7. The fraction of sp³-hybridized carbons (Fsp3) is 0.556. The number of carbonyl (C=O) groups excluding carboxylic acids is 2. The highest BCUT2D eigenvalue weighted by Gasteiger charge is 2.55. The first-order valence-corrected chi connectivity index (χ1v) is 9.05. The van der Waals surface area contributed by atoms with Gasteiger partial charge in [-0.15, -0.1) is 0 Å². The normalized spacial score (nSPS) is 19.3. The monoisotopic (exact) mass is 394 g/mol. The van der Waals surface area contributed by atoms with Crippen LogP contribution in [0.25, 0.3) is 0 Å². The highest BCUT2D eigenvalue weighted by atomic mass is 79.9. The number of amides is 2. The predicted octanol–water partition coefficient (Wildman–Crippen LogP) is 3.67. The number of halogens is 1. The lowest BCUT2D eigenvalue weighted by molar-refractivity contribution is -0.00573. The number of hydrogen-bond acceptors (Lipinski definition) is 3. The van der Waals surface area contributed by atoms with Crippen molar-refractivity contribution >= 4 is 27.9 Å². The van der Waals surface area contributed by atoms with E-state index in [9.17, 15) is 9.59 Å². The van der Waals surface area contributed by atoms with Gasteiger partial charge in [0.1, 0.15) is 5.60 Å². The summed E-state index contributed by atoms with van der Waals surface area (Å²) in [5.41, 5.74) is -0.0653. The third-order valence-electron chi connectivity index (χ3n) is 4.45. The Kier molecular flexibility index (Phi) is 4.36. The molecule has 2 amide bonds. The van der Waals surface area contributed by atoms with Crippen molar-refractivity contribution in [1.29, 1.82) is 0 Å². The molecule has 5 nitrogen and oxygen atoms in total. The van der Waals surface area contributed by atoms with Gasteiger partial charge in [-0.25, -0.2) is 4.79 Å². The maximum absolute atomic E-state index is 12.7. The zero-order chi connectivity index (χ0) is 17.5. The summed E-state index contributed by atoms with van der Waals surface area (Å²) < 4.78 is 6.42. The fourth-order valence-corrected chi connectivity index (χ4v) is 3.53. The Hall–Kier alpha value is -1.56. The van der Waals surface area contributed by atoms with Crippen molar-refractivity contribution in [2.75, 3.05) is 19.6 Å². The lowest BCUT2D eigenvalue weighted by Crippen LogP contribution is -2.59. The third kappa shape index (κ3) is 3.58. The molecule has 0 N–H and O–H groups in total. The molecule has 130 valence electrons. The first kappa shape index (κ1) is 17.3. The van der Waals surface area contributed by atoms with Crippen molar-refractivity contribution in [2.24, 2.45) is 0 Å². The van der Waals surface area contributed by atoms with Gasteiger partial charge in [0.2, 0.25) is 0 Å². The van der Waals surface area contributed by atoms with Gasteiger partial charge in [-0.2, -0.15) is 0 Å². The summed E-state index contributed by atoms with van der Waals surface area (Å²) in [4.78, 5) is 28.9. The van der Waals surface area contributed by atoms with Gasteiger partial charge in [-0.05, 0) is 51.8 Å². The van der Waals surface area contributed by atoms with E-state index in [1.54, 1.807) is 0 Å². The van der Waals surface area contributed by atoms with Crippen molar-refractivity contribution in [3.63, 3.8) is 0 Å². The summed E-state index contributed by atoms with van der Waals surface area (Å²) >= 11 is 3.41. The first-order valence-electron chi connectivity index (χ1n) is 8.26. The van der Waals surface area contributed by atoms with E-state index in [1.807, 2.05) is 54.8 Å². The van der Waals surface area contributed by atoms with Crippen LogP contribution in [-0.2, 0) is 4.74 Å². The van der Waals surface area contributed by atoms with Crippen LogP contribution in [0.15, 0.2) is 28.7 Å². The maximum Gasteiger partial charge on any atom is 0.410 e. The van der Waals surface area contributed by atoms with E-state index in [2.05, 4.69) is 15.9 Å². The van der Waals surface area contributed by atoms with Crippen LogP contribution in [0.2, 0.25) is 0 Å². The molecule has 2 fully saturated rings. The number of benzene rings is 1. The average Bonchev–Trinajstić information content (AvgIpc) is 3.24. The minimum absolute atomic E-state index is 0.0198. The lowest BCUT2D eigenvalue weighted by Gasteiger charge is -2.42. The molecule has 1 saturated carbocycles. The molecule has 1 aromatic carbocycles. The number of piperazine rings is 1. The Bertz CT molecular complexity index is 664. The van der Waals surface area contributed by atoms with Crippen LogP contribution >= 0.6 is 15.9 Å². The molecule has 0 unspecified atom stereocenters. The molecule has 0 atom stereocenters. The van der Waals surface area contributed by atoms with Gasteiger partial charge >= 0.3 is 6.09 Å². The number of nitrogens with zero attached hydrogens (tertiary/aromatic N) is 2. The molecule has 1 spiro atoms. The molecule has 2 aliphatic rings. The number of ether oxygens (including phenoxy) is 1. The van der Waals surface area contributed by atoms with E-state index in [1.165, 1.54) is 0 Å². The van der Waals surface area contributed by atoms with E-state index in [-0.39, 0.29) is 17.5 Å². The molecule has 6 heteroatoms. The van der Waals surface area contributed by atoms with Gasteiger partial charge < -0.3 is 9.64 Å². The minimum atomic E-state index is -0.504. The standard InChI is InChI=1S/C18H23BrN2O3/c1-17(2,3)24-16(23)21-10-9-20(12-18(21)7-8-18)15(22)13-5-4-6-14(19)11-13/h4-6,11H,7-10,12H2,1-3H3. The zero-order valence-corrected chi connectivity index (χ0v) is 15.9. The van der Waals surface area contributed by atoms with Crippen LogP contribution in [0.4, 0.5) is 4.79 Å². The highest BCUT2D eigenvalue weighted by Crippen LogP contribution is 2.45. The summed E-state index contributed by atoms with van der Waals surface area (Å²) in [5.74, 6) is 0.0198.